The summed E-state index contributed by atoms with van der Waals surface area (Å²) in [5.41, 5.74) is 3.11. The molecular weight excluding hydrogens is 256 g/mol. The zero-order valence-corrected chi connectivity index (χ0v) is 13.4. The lowest BCUT2D eigenvalue weighted by Gasteiger charge is -2.36. The summed E-state index contributed by atoms with van der Waals surface area (Å²) in [4.78, 5) is 14.8. The molecule has 3 nitrogen and oxygen atoms in total. The smallest absolute Gasteiger partial charge is 0.178 e. The van der Waals surface area contributed by atoms with Crippen LogP contribution in [0.3, 0.4) is 0 Å². The van der Waals surface area contributed by atoms with Gasteiger partial charge in [-0.3, -0.25) is 9.69 Å². The second kappa shape index (κ2) is 5.71. The van der Waals surface area contributed by atoms with Crippen LogP contribution in [0.25, 0.3) is 0 Å². The van der Waals surface area contributed by atoms with Gasteiger partial charge in [0.1, 0.15) is 0 Å². The molecule has 2 rings (SSSR count). The number of ketones is 1. The molecule has 2 heterocycles. The van der Waals surface area contributed by atoms with Crippen molar-refractivity contribution in [3.05, 3.63) is 23.0 Å². The predicted octanol–water partition coefficient (Wildman–Crippen LogP) is 2.65. The van der Waals surface area contributed by atoms with Gasteiger partial charge in [0.15, 0.2) is 5.78 Å². The Morgan fingerprint density at radius 1 is 1.42 bits per heavy atom. The van der Waals surface area contributed by atoms with Crippen LogP contribution in [0.2, 0.25) is 0 Å². The van der Waals surface area contributed by atoms with Gasteiger partial charge in [-0.05, 0) is 26.8 Å². The number of nitrogens with zero attached hydrogens (tertiary/aromatic N) is 2. The molecule has 1 aromatic rings. The largest absolute Gasteiger partial charge is 0.351 e. The summed E-state index contributed by atoms with van der Waals surface area (Å²) in [5.74, 6) is 1.39. The van der Waals surface area contributed by atoms with E-state index in [1.807, 2.05) is 38.7 Å². The lowest BCUT2D eigenvalue weighted by atomic mass is 10.1. The van der Waals surface area contributed by atoms with E-state index in [9.17, 15) is 4.79 Å². The molecule has 0 amide bonds. The van der Waals surface area contributed by atoms with Crippen LogP contribution >= 0.6 is 11.8 Å². The van der Waals surface area contributed by atoms with Gasteiger partial charge < -0.3 is 4.57 Å². The number of carbonyl (C=O) groups excluding carboxylic acids is 1. The summed E-state index contributed by atoms with van der Waals surface area (Å²) in [6.45, 7) is 10.1. The number of carbonyl (C=O) groups is 1. The highest BCUT2D eigenvalue weighted by atomic mass is 32.2. The minimum atomic E-state index is 0.257. The van der Waals surface area contributed by atoms with Gasteiger partial charge in [-0.2, -0.15) is 11.8 Å². The molecule has 0 spiro atoms. The molecule has 0 N–H and O–H groups in total. The maximum Gasteiger partial charge on any atom is 0.178 e. The number of Topliss-reactive ketones (excluding diaryl/α,β-unsaturated/α-hetero) is 1. The second-order valence-electron chi connectivity index (χ2n) is 5.55. The first-order valence-electron chi connectivity index (χ1n) is 6.93. The van der Waals surface area contributed by atoms with E-state index in [2.05, 4.69) is 23.3 Å². The molecule has 0 aliphatic carbocycles. The van der Waals surface area contributed by atoms with Crippen LogP contribution in [-0.4, -0.2) is 45.4 Å². The molecule has 0 bridgehead atoms. The Hall–Kier alpha value is -0.740. The molecule has 1 aliphatic heterocycles. The highest BCUT2D eigenvalue weighted by Crippen LogP contribution is 2.24. The number of aromatic nitrogens is 1. The van der Waals surface area contributed by atoms with Gasteiger partial charge >= 0.3 is 0 Å². The van der Waals surface area contributed by atoms with Crippen molar-refractivity contribution in [3.8, 4) is 0 Å². The number of hydrogen-bond acceptors (Lipinski definition) is 3. The predicted molar refractivity (Wildman–Crippen MR) is 82.2 cm³/mol. The number of rotatable bonds is 3. The van der Waals surface area contributed by atoms with Gasteiger partial charge in [0, 0.05) is 47.6 Å². The van der Waals surface area contributed by atoms with E-state index in [0.717, 1.165) is 29.2 Å². The topological polar surface area (TPSA) is 25.2 Å². The van der Waals surface area contributed by atoms with Crippen molar-refractivity contribution in [3.63, 3.8) is 0 Å². The first kappa shape index (κ1) is 14.7. The van der Waals surface area contributed by atoms with Crippen LogP contribution < -0.4 is 0 Å². The Bertz CT molecular complexity index is 481. The van der Waals surface area contributed by atoms with E-state index >= 15 is 0 Å². The van der Waals surface area contributed by atoms with Crippen molar-refractivity contribution in [2.24, 2.45) is 7.05 Å². The molecule has 106 valence electrons. The van der Waals surface area contributed by atoms with Crippen LogP contribution in [0.4, 0.5) is 0 Å². The first-order chi connectivity index (χ1) is 8.91. The first-order valence-corrected chi connectivity index (χ1v) is 7.98. The van der Waals surface area contributed by atoms with Crippen molar-refractivity contribution in [2.75, 3.05) is 18.8 Å². The summed E-state index contributed by atoms with van der Waals surface area (Å²) in [6, 6.07) is 2.50. The maximum atomic E-state index is 12.5. The standard InChI is InChI=1S/C15H24N2OS/c1-10-8-14(12(3)16(10)5)15(18)9-17-6-7-19-13(4)11(17)2/h8,11,13H,6-7,9H2,1-5H3. The Morgan fingerprint density at radius 2 is 2.11 bits per heavy atom. The van der Waals surface area contributed by atoms with Crippen LogP contribution in [0.1, 0.15) is 35.6 Å². The van der Waals surface area contributed by atoms with E-state index < -0.39 is 0 Å². The van der Waals surface area contributed by atoms with Gasteiger partial charge in [0.25, 0.3) is 0 Å². The fraction of sp³-hybridized carbons (Fsp3) is 0.667. The monoisotopic (exact) mass is 280 g/mol. The van der Waals surface area contributed by atoms with Crippen LogP contribution in [-0.2, 0) is 7.05 Å². The van der Waals surface area contributed by atoms with E-state index in [1.54, 1.807) is 0 Å². The molecule has 2 atom stereocenters. The van der Waals surface area contributed by atoms with E-state index in [0.29, 0.717) is 17.8 Å². The third kappa shape index (κ3) is 2.90. The van der Waals surface area contributed by atoms with Crippen molar-refractivity contribution in [1.29, 1.82) is 0 Å². The molecule has 1 aromatic heterocycles. The molecule has 4 heteroatoms. The van der Waals surface area contributed by atoms with Crippen LogP contribution in [0.5, 0.6) is 0 Å². The summed E-state index contributed by atoms with van der Waals surface area (Å²) in [5, 5.41) is 0.611. The van der Waals surface area contributed by atoms with Crippen molar-refractivity contribution >= 4 is 17.5 Å². The molecule has 2 unspecified atom stereocenters. The highest BCUT2D eigenvalue weighted by molar-refractivity contribution is 8.00. The number of aryl methyl sites for hydroxylation is 1. The van der Waals surface area contributed by atoms with Gasteiger partial charge in [-0.15, -0.1) is 0 Å². The van der Waals surface area contributed by atoms with E-state index in [1.165, 1.54) is 0 Å². The zero-order valence-electron chi connectivity index (χ0n) is 12.6. The summed E-state index contributed by atoms with van der Waals surface area (Å²) < 4.78 is 2.09. The summed E-state index contributed by atoms with van der Waals surface area (Å²) >= 11 is 2.01. The van der Waals surface area contributed by atoms with Gasteiger partial charge in [0.05, 0.1) is 6.54 Å². The average Bonchev–Trinajstić information content (AvgIpc) is 2.63. The quantitative estimate of drug-likeness (QED) is 0.796. The highest BCUT2D eigenvalue weighted by Gasteiger charge is 2.27. The zero-order chi connectivity index (χ0) is 14.2. The minimum Gasteiger partial charge on any atom is -0.351 e. The van der Waals surface area contributed by atoms with E-state index in [-0.39, 0.29) is 5.78 Å². The fourth-order valence-electron chi connectivity index (χ4n) is 2.63. The third-order valence-corrected chi connectivity index (χ3v) is 5.77. The molecule has 0 saturated carbocycles. The molecular formula is C15H24N2OS. The summed E-state index contributed by atoms with van der Waals surface area (Å²) in [7, 11) is 2.02. The number of hydrogen-bond donors (Lipinski definition) is 0. The van der Waals surface area contributed by atoms with Crippen molar-refractivity contribution in [1.82, 2.24) is 9.47 Å². The maximum absolute atomic E-state index is 12.5. The fourth-order valence-corrected chi connectivity index (χ4v) is 3.79. The Kier molecular flexibility index (Phi) is 4.41. The van der Waals surface area contributed by atoms with Gasteiger partial charge in [-0.25, -0.2) is 0 Å². The molecule has 1 aliphatic rings. The minimum absolute atomic E-state index is 0.257. The normalized spacial score (nSPS) is 24.7. The SMILES string of the molecule is Cc1cc(C(=O)CN2CCSC(C)C2C)c(C)n1C. The van der Waals surface area contributed by atoms with Crippen molar-refractivity contribution in [2.45, 2.75) is 39.0 Å². The molecule has 1 fully saturated rings. The second-order valence-corrected chi connectivity index (χ2v) is 7.04. The Balaban J connectivity index is 2.10. The lowest BCUT2D eigenvalue weighted by molar-refractivity contribution is 0.0901. The lowest BCUT2D eigenvalue weighted by Crippen LogP contribution is -2.46. The molecule has 0 radical (unpaired) electrons. The van der Waals surface area contributed by atoms with Crippen LogP contribution in [0, 0.1) is 13.8 Å². The third-order valence-electron chi connectivity index (χ3n) is 4.44. The Labute approximate surface area is 120 Å². The van der Waals surface area contributed by atoms with Gasteiger partial charge in [-0.1, -0.05) is 6.92 Å². The molecule has 1 saturated heterocycles. The van der Waals surface area contributed by atoms with Crippen molar-refractivity contribution < 1.29 is 4.79 Å². The summed E-state index contributed by atoms with van der Waals surface area (Å²) in [6.07, 6.45) is 0. The number of thioether (sulfide) groups is 1. The van der Waals surface area contributed by atoms with Crippen LogP contribution in [0.15, 0.2) is 6.07 Å². The average molecular weight is 280 g/mol. The molecule has 19 heavy (non-hydrogen) atoms. The molecule has 0 aromatic carbocycles. The van der Waals surface area contributed by atoms with Gasteiger partial charge in [0.2, 0.25) is 0 Å². The van der Waals surface area contributed by atoms with E-state index in [4.69, 9.17) is 0 Å². The Morgan fingerprint density at radius 3 is 2.68 bits per heavy atom.